The topological polar surface area (TPSA) is 94.1 Å². The van der Waals surface area contributed by atoms with Crippen molar-refractivity contribution in [3.63, 3.8) is 0 Å². The summed E-state index contributed by atoms with van der Waals surface area (Å²) in [7, 11) is -7.63. The molecule has 6 nitrogen and oxygen atoms in total. The minimum atomic E-state index is -3.87. The third-order valence-corrected chi connectivity index (χ3v) is 8.33. The molecule has 1 heterocycles. The minimum absolute atomic E-state index is 0.0492. The van der Waals surface area contributed by atoms with Crippen molar-refractivity contribution >= 4 is 31.0 Å². The SMILES string of the molecule is O=S(=O)(Cc1ccccc1)c1nnc(S(=O)(=O)c2ccccc2)s1. The molecule has 0 aliphatic heterocycles. The third-order valence-electron chi connectivity index (χ3n) is 3.14. The Morgan fingerprint density at radius 2 is 1.29 bits per heavy atom. The fourth-order valence-corrected chi connectivity index (χ4v) is 6.13. The molecule has 3 aromatic rings. The third kappa shape index (κ3) is 3.37. The van der Waals surface area contributed by atoms with Crippen LogP contribution < -0.4 is 0 Å². The standard InChI is InChI=1S/C15H12N2O4S3/c18-23(19,11-12-7-3-1-4-8-12)14-16-17-15(22-14)24(20,21)13-9-5-2-6-10-13/h1-10H,11H2. The van der Waals surface area contributed by atoms with Gasteiger partial charge in [0.1, 0.15) is 0 Å². The summed E-state index contributed by atoms with van der Waals surface area (Å²) in [6, 6.07) is 16.3. The lowest BCUT2D eigenvalue weighted by Crippen LogP contribution is -2.04. The molecule has 1 aromatic heterocycles. The monoisotopic (exact) mass is 380 g/mol. The van der Waals surface area contributed by atoms with E-state index in [0.717, 1.165) is 0 Å². The summed E-state index contributed by atoms with van der Waals surface area (Å²) in [6.45, 7) is 0. The average molecular weight is 380 g/mol. The van der Waals surface area contributed by atoms with Crippen molar-refractivity contribution in [2.45, 2.75) is 19.3 Å². The van der Waals surface area contributed by atoms with Crippen LogP contribution in [0.25, 0.3) is 0 Å². The largest absolute Gasteiger partial charge is 0.238 e. The maximum atomic E-state index is 12.4. The van der Waals surface area contributed by atoms with Crippen LogP contribution in [0.15, 0.2) is 74.2 Å². The van der Waals surface area contributed by atoms with Crippen LogP contribution in [-0.4, -0.2) is 27.0 Å². The van der Waals surface area contributed by atoms with Gasteiger partial charge >= 0.3 is 0 Å². The lowest BCUT2D eigenvalue weighted by atomic mass is 10.2. The predicted molar refractivity (Wildman–Crippen MR) is 89.1 cm³/mol. The quantitative estimate of drug-likeness (QED) is 0.674. The number of rotatable bonds is 5. The van der Waals surface area contributed by atoms with Gasteiger partial charge in [0.15, 0.2) is 0 Å². The van der Waals surface area contributed by atoms with E-state index in [1.54, 1.807) is 48.5 Å². The molecule has 0 amide bonds. The molecule has 0 fully saturated rings. The summed E-state index contributed by atoms with van der Waals surface area (Å²) in [6.07, 6.45) is 0. The van der Waals surface area contributed by atoms with E-state index in [1.165, 1.54) is 12.1 Å². The van der Waals surface area contributed by atoms with Crippen molar-refractivity contribution in [2.24, 2.45) is 0 Å². The van der Waals surface area contributed by atoms with Gasteiger partial charge in [0.2, 0.25) is 28.4 Å². The van der Waals surface area contributed by atoms with E-state index >= 15 is 0 Å². The Morgan fingerprint density at radius 3 is 1.92 bits per heavy atom. The summed E-state index contributed by atoms with van der Waals surface area (Å²) in [5.41, 5.74) is 0.597. The molecule has 0 spiro atoms. The molecule has 3 rings (SSSR count). The van der Waals surface area contributed by atoms with Crippen molar-refractivity contribution in [3.8, 4) is 0 Å². The maximum Gasteiger partial charge on any atom is 0.238 e. The van der Waals surface area contributed by atoms with Gasteiger partial charge in [-0.15, -0.1) is 10.2 Å². The van der Waals surface area contributed by atoms with Gasteiger partial charge in [-0.05, 0) is 17.7 Å². The van der Waals surface area contributed by atoms with Gasteiger partial charge in [-0.1, -0.05) is 59.9 Å². The van der Waals surface area contributed by atoms with Gasteiger partial charge in [-0.25, -0.2) is 16.8 Å². The summed E-state index contributed by atoms with van der Waals surface area (Å²) >= 11 is 0.563. The van der Waals surface area contributed by atoms with E-state index in [0.29, 0.717) is 16.9 Å². The number of benzene rings is 2. The number of hydrogen-bond acceptors (Lipinski definition) is 7. The van der Waals surface area contributed by atoms with Crippen LogP contribution in [0, 0.1) is 0 Å². The molecule has 0 saturated carbocycles. The molecule has 0 saturated heterocycles. The molecule has 124 valence electrons. The van der Waals surface area contributed by atoms with E-state index in [4.69, 9.17) is 0 Å². The first-order chi connectivity index (χ1) is 11.4. The highest BCUT2D eigenvalue weighted by molar-refractivity contribution is 7.95. The minimum Gasteiger partial charge on any atom is -0.221 e. The van der Waals surface area contributed by atoms with Crippen LogP contribution >= 0.6 is 11.3 Å². The Balaban J connectivity index is 1.93. The second-order valence-corrected chi connectivity index (χ2v) is 10.2. The Hall–Kier alpha value is -2.10. The fourth-order valence-electron chi connectivity index (χ4n) is 1.99. The Bertz CT molecular complexity index is 1040. The van der Waals surface area contributed by atoms with Crippen LogP contribution in [0.2, 0.25) is 0 Å². The van der Waals surface area contributed by atoms with E-state index in [2.05, 4.69) is 10.2 Å². The zero-order valence-electron chi connectivity index (χ0n) is 12.2. The highest BCUT2D eigenvalue weighted by Crippen LogP contribution is 2.27. The van der Waals surface area contributed by atoms with Crippen molar-refractivity contribution in [2.75, 3.05) is 0 Å². The Labute approximate surface area is 143 Å². The number of sulfone groups is 2. The van der Waals surface area contributed by atoms with Crippen molar-refractivity contribution in [1.29, 1.82) is 0 Å². The van der Waals surface area contributed by atoms with Crippen LogP contribution in [-0.2, 0) is 25.4 Å². The highest BCUT2D eigenvalue weighted by atomic mass is 32.3. The normalized spacial score (nSPS) is 12.2. The van der Waals surface area contributed by atoms with Gasteiger partial charge in [0.05, 0.1) is 10.6 Å². The van der Waals surface area contributed by atoms with E-state index in [-0.39, 0.29) is 19.3 Å². The van der Waals surface area contributed by atoms with Crippen LogP contribution in [0.5, 0.6) is 0 Å². The van der Waals surface area contributed by atoms with Gasteiger partial charge < -0.3 is 0 Å². The predicted octanol–water partition coefficient (Wildman–Crippen LogP) is 2.34. The van der Waals surface area contributed by atoms with Crippen molar-refractivity contribution in [1.82, 2.24) is 10.2 Å². The first kappa shape index (κ1) is 16.7. The van der Waals surface area contributed by atoms with E-state index < -0.39 is 19.7 Å². The summed E-state index contributed by atoms with van der Waals surface area (Å²) < 4.78 is 49.0. The highest BCUT2D eigenvalue weighted by Gasteiger charge is 2.27. The van der Waals surface area contributed by atoms with E-state index in [1.807, 2.05) is 0 Å². The first-order valence-corrected chi connectivity index (χ1v) is 10.8. The van der Waals surface area contributed by atoms with Crippen LogP contribution in [0.1, 0.15) is 5.56 Å². The molecule has 0 unspecified atom stereocenters. The van der Waals surface area contributed by atoms with Gasteiger partial charge in [0.25, 0.3) is 0 Å². The molecular weight excluding hydrogens is 368 g/mol. The van der Waals surface area contributed by atoms with E-state index in [9.17, 15) is 16.8 Å². The molecule has 0 aliphatic rings. The fraction of sp³-hybridized carbons (Fsp3) is 0.0667. The van der Waals surface area contributed by atoms with Crippen molar-refractivity contribution in [3.05, 3.63) is 66.2 Å². The lowest BCUT2D eigenvalue weighted by molar-refractivity contribution is 0.589. The molecule has 24 heavy (non-hydrogen) atoms. The van der Waals surface area contributed by atoms with Crippen molar-refractivity contribution < 1.29 is 16.8 Å². The average Bonchev–Trinajstić information content (AvgIpc) is 3.08. The molecular formula is C15H12N2O4S3. The molecule has 0 radical (unpaired) electrons. The Morgan fingerprint density at radius 1 is 0.750 bits per heavy atom. The smallest absolute Gasteiger partial charge is 0.221 e. The first-order valence-electron chi connectivity index (χ1n) is 6.80. The zero-order valence-corrected chi connectivity index (χ0v) is 14.7. The molecule has 9 heteroatoms. The molecule has 0 N–H and O–H groups in total. The molecule has 0 bridgehead atoms. The van der Waals surface area contributed by atoms with Crippen LogP contribution in [0.4, 0.5) is 0 Å². The molecule has 0 aliphatic carbocycles. The van der Waals surface area contributed by atoms with Crippen LogP contribution in [0.3, 0.4) is 0 Å². The van der Waals surface area contributed by atoms with Gasteiger partial charge in [-0.2, -0.15) is 0 Å². The summed E-state index contributed by atoms with van der Waals surface area (Å²) in [4.78, 5) is 0.0492. The van der Waals surface area contributed by atoms with Gasteiger partial charge in [-0.3, -0.25) is 0 Å². The second kappa shape index (κ2) is 6.42. The zero-order chi connectivity index (χ0) is 17.2. The second-order valence-electron chi connectivity index (χ2n) is 4.90. The summed E-state index contributed by atoms with van der Waals surface area (Å²) in [5, 5.41) is 7.15. The maximum absolute atomic E-state index is 12.4. The molecule has 0 atom stereocenters. The number of aromatic nitrogens is 2. The lowest BCUT2D eigenvalue weighted by Gasteiger charge is -2.00. The number of hydrogen-bond donors (Lipinski definition) is 0. The molecule has 2 aromatic carbocycles. The Kier molecular flexibility index (Phi) is 4.48. The summed E-state index contributed by atoms with van der Waals surface area (Å²) in [5.74, 6) is -0.256. The number of nitrogens with zero attached hydrogens (tertiary/aromatic N) is 2. The van der Waals surface area contributed by atoms with Gasteiger partial charge in [0, 0.05) is 0 Å².